The number of hydrogen-bond donors (Lipinski definition) is 2. The molecule has 2 N–H and O–H groups in total. The number of ether oxygens (including phenoxy) is 1. The van der Waals surface area contributed by atoms with Gasteiger partial charge in [0.15, 0.2) is 0 Å². The summed E-state index contributed by atoms with van der Waals surface area (Å²) in [5, 5.41) is 17.7. The van der Waals surface area contributed by atoms with E-state index >= 15 is 0 Å². The smallest absolute Gasteiger partial charge is 0.261 e. The van der Waals surface area contributed by atoms with Crippen LogP contribution in [-0.2, 0) is 11.3 Å². The van der Waals surface area contributed by atoms with E-state index in [0.29, 0.717) is 11.3 Å². The molecule has 0 atom stereocenters. The van der Waals surface area contributed by atoms with E-state index in [2.05, 4.69) is 15.6 Å². The summed E-state index contributed by atoms with van der Waals surface area (Å²) in [7, 11) is 1.53. The standard InChI is InChI=1S/C15H18N4O3/c1-10-6-11(2)19(18-10)9-15(21)17-16-8-12-7-13(22-3)4-5-14(12)20/h4-8,20H,9H2,1-3H3,(H,17,21)/b16-8-. The third kappa shape index (κ3) is 3.85. The normalized spacial score (nSPS) is 10.9. The van der Waals surface area contributed by atoms with Crippen molar-refractivity contribution in [2.75, 3.05) is 7.11 Å². The number of rotatable bonds is 5. The molecular formula is C15H18N4O3. The molecule has 1 aromatic heterocycles. The second-order valence-electron chi connectivity index (χ2n) is 4.80. The molecule has 1 amide bonds. The molecule has 2 aromatic rings. The summed E-state index contributed by atoms with van der Waals surface area (Å²) < 4.78 is 6.66. The minimum absolute atomic E-state index is 0.0531. The molecule has 0 saturated carbocycles. The number of hydrazone groups is 1. The molecular weight excluding hydrogens is 284 g/mol. The van der Waals surface area contributed by atoms with Crippen LogP contribution >= 0.6 is 0 Å². The van der Waals surface area contributed by atoms with E-state index in [1.807, 2.05) is 19.9 Å². The first kappa shape index (κ1) is 15.6. The second kappa shape index (κ2) is 6.75. The lowest BCUT2D eigenvalue weighted by molar-refractivity contribution is -0.121. The van der Waals surface area contributed by atoms with E-state index in [0.717, 1.165) is 11.4 Å². The number of phenolic OH excluding ortho intramolecular Hbond substituents is 1. The SMILES string of the molecule is COc1ccc(O)c(/C=N\NC(=O)Cn2nc(C)cc2C)c1. The quantitative estimate of drug-likeness (QED) is 0.645. The molecule has 2 rings (SSSR count). The lowest BCUT2D eigenvalue weighted by Gasteiger charge is -2.04. The van der Waals surface area contributed by atoms with Crippen LogP contribution in [0, 0.1) is 13.8 Å². The largest absolute Gasteiger partial charge is 0.507 e. The van der Waals surface area contributed by atoms with Crippen LogP contribution in [0.2, 0.25) is 0 Å². The Morgan fingerprint density at radius 3 is 2.86 bits per heavy atom. The Bertz CT molecular complexity index is 707. The van der Waals surface area contributed by atoms with Gasteiger partial charge < -0.3 is 9.84 Å². The van der Waals surface area contributed by atoms with E-state index in [1.54, 1.807) is 16.8 Å². The van der Waals surface area contributed by atoms with Gasteiger partial charge in [-0.2, -0.15) is 10.2 Å². The average Bonchev–Trinajstić information content (AvgIpc) is 2.78. The summed E-state index contributed by atoms with van der Waals surface area (Å²) in [6.07, 6.45) is 1.36. The van der Waals surface area contributed by atoms with Crippen molar-refractivity contribution in [2.45, 2.75) is 20.4 Å². The Kier molecular flexibility index (Phi) is 4.77. The molecule has 0 saturated heterocycles. The molecule has 0 radical (unpaired) electrons. The maximum Gasteiger partial charge on any atom is 0.261 e. The summed E-state index contributed by atoms with van der Waals surface area (Å²) in [4.78, 5) is 11.8. The van der Waals surface area contributed by atoms with E-state index in [-0.39, 0.29) is 18.2 Å². The highest BCUT2D eigenvalue weighted by Crippen LogP contribution is 2.20. The van der Waals surface area contributed by atoms with Crippen LogP contribution in [0.1, 0.15) is 17.0 Å². The molecule has 7 heteroatoms. The first-order valence-electron chi connectivity index (χ1n) is 6.69. The van der Waals surface area contributed by atoms with Crippen molar-refractivity contribution in [3.05, 3.63) is 41.2 Å². The Labute approximate surface area is 128 Å². The van der Waals surface area contributed by atoms with Gasteiger partial charge in [0.05, 0.1) is 19.0 Å². The van der Waals surface area contributed by atoms with Gasteiger partial charge in [0.25, 0.3) is 5.91 Å². The molecule has 116 valence electrons. The fraction of sp³-hybridized carbons (Fsp3) is 0.267. The van der Waals surface area contributed by atoms with Crippen LogP contribution in [0.25, 0.3) is 0 Å². The number of aromatic hydroxyl groups is 1. The third-order valence-corrected chi connectivity index (χ3v) is 3.02. The molecule has 7 nitrogen and oxygen atoms in total. The van der Waals surface area contributed by atoms with Crippen LogP contribution in [0.15, 0.2) is 29.4 Å². The van der Waals surface area contributed by atoms with Crippen molar-refractivity contribution in [2.24, 2.45) is 5.10 Å². The number of carbonyl (C=O) groups excluding carboxylic acids is 1. The summed E-state index contributed by atoms with van der Waals surface area (Å²) >= 11 is 0. The summed E-state index contributed by atoms with van der Waals surface area (Å²) in [5.74, 6) is 0.343. The molecule has 0 spiro atoms. The number of phenols is 1. The highest BCUT2D eigenvalue weighted by atomic mass is 16.5. The maximum atomic E-state index is 11.8. The number of carbonyl (C=O) groups is 1. The number of aromatic nitrogens is 2. The van der Waals surface area contributed by atoms with Crippen LogP contribution in [-0.4, -0.2) is 34.1 Å². The van der Waals surface area contributed by atoms with Gasteiger partial charge in [0, 0.05) is 11.3 Å². The van der Waals surface area contributed by atoms with Gasteiger partial charge in [-0.1, -0.05) is 0 Å². The Morgan fingerprint density at radius 2 is 2.23 bits per heavy atom. The van der Waals surface area contributed by atoms with Crippen LogP contribution in [0.5, 0.6) is 11.5 Å². The Morgan fingerprint density at radius 1 is 1.45 bits per heavy atom. The van der Waals surface area contributed by atoms with Crippen molar-refractivity contribution in [3.8, 4) is 11.5 Å². The van der Waals surface area contributed by atoms with Gasteiger partial charge in [0.2, 0.25) is 0 Å². The molecule has 0 aliphatic heterocycles. The predicted molar refractivity (Wildman–Crippen MR) is 82.1 cm³/mol. The van der Waals surface area contributed by atoms with E-state index in [9.17, 15) is 9.90 Å². The van der Waals surface area contributed by atoms with E-state index in [4.69, 9.17) is 4.74 Å². The van der Waals surface area contributed by atoms with Gasteiger partial charge in [-0.05, 0) is 38.1 Å². The molecule has 0 aliphatic carbocycles. The first-order chi connectivity index (χ1) is 10.5. The first-order valence-corrected chi connectivity index (χ1v) is 6.69. The van der Waals surface area contributed by atoms with Crippen molar-refractivity contribution in [3.63, 3.8) is 0 Å². The highest BCUT2D eigenvalue weighted by Gasteiger charge is 2.06. The number of nitrogens with zero attached hydrogens (tertiary/aromatic N) is 3. The van der Waals surface area contributed by atoms with Crippen LogP contribution < -0.4 is 10.2 Å². The zero-order chi connectivity index (χ0) is 16.1. The third-order valence-electron chi connectivity index (χ3n) is 3.02. The van der Waals surface area contributed by atoms with Crippen molar-refractivity contribution < 1.29 is 14.6 Å². The molecule has 1 aromatic carbocycles. The average molecular weight is 302 g/mol. The van der Waals surface area contributed by atoms with Crippen molar-refractivity contribution in [1.29, 1.82) is 0 Å². The summed E-state index contributed by atoms with van der Waals surface area (Å²) in [6.45, 7) is 3.83. The minimum Gasteiger partial charge on any atom is -0.507 e. The lowest BCUT2D eigenvalue weighted by atomic mass is 10.2. The van der Waals surface area contributed by atoms with Gasteiger partial charge in [0.1, 0.15) is 18.0 Å². The molecule has 1 heterocycles. The molecule has 22 heavy (non-hydrogen) atoms. The maximum absolute atomic E-state index is 11.8. The van der Waals surface area contributed by atoms with Gasteiger partial charge in [-0.25, -0.2) is 5.43 Å². The Hall–Kier alpha value is -2.83. The number of aryl methyl sites for hydroxylation is 2. The number of hydrogen-bond acceptors (Lipinski definition) is 5. The van der Waals surface area contributed by atoms with E-state index < -0.39 is 0 Å². The van der Waals surface area contributed by atoms with Crippen LogP contribution in [0.3, 0.4) is 0 Å². The van der Waals surface area contributed by atoms with Crippen molar-refractivity contribution >= 4 is 12.1 Å². The fourth-order valence-corrected chi connectivity index (χ4v) is 1.94. The van der Waals surface area contributed by atoms with Crippen LogP contribution in [0.4, 0.5) is 0 Å². The zero-order valence-corrected chi connectivity index (χ0v) is 12.7. The fourth-order valence-electron chi connectivity index (χ4n) is 1.94. The topological polar surface area (TPSA) is 88.7 Å². The molecule has 0 unspecified atom stereocenters. The van der Waals surface area contributed by atoms with Gasteiger partial charge in [-0.3, -0.25) is 9.48 Å². The van der Waals surface area contributed by atoms with E-state index in [1.165, 1.54) is 19.4 Å². The molecule has 0 aliphatic rings. The van der Waals surface area contributed by atoms with Gasteiger partial charge in [-0.15, -0.1) is 0 Å². The monoisotopic (exact) mass is 302 g/mol. The molecule has 0 fully saturated rings. The summed E-state index contributed by atoms with van der Waals surface area (Å²) in [6, 6.07) is 6.64. The number of nitrogens with one attached hydrogen (secondary N) is 1. The number of amides is 1. The van der Waals surface area contributed by atoms with Crippen molar-refractivity contribution in [1.82, 2.24) is 15.2 Å². The lowest BCUT2D eigenvalue weighted by Crippen LogP contribution is -2.24. The highest BCUT2D eigenvalue weighted by molar-refractivity contribution is 5.85. The Balaban J connectivity index is 1.97. The minimum atomic E-state index is -0.301. The summed E-state index contributed by atoms with van der Waals surface area (Å²) in [5.41, 5.74) is 4.61. The predicted octanol–water partition coefficient (Wildman–Crippen LogP) is 1.36. The number of methoxy groups -OCH3 is 1. The molecule has 0 bridgehead atoms. The number of benzene rings is 1. The second-order valence-corrected chi connectivity index (χ2v) is 4.80. The zero-order valence-electron chi connectivity index (χ0n) is 12.7. The van der Waals surface area contributed by atoms with Gasteiger partial charge >= 0.3 is 0 Å².